The molecule has 0 radical (unpaired) electrons. The van der Waals surface area contributed by atoms with Crippen molar-refractivity contribution in [1.82, 2.24) is 10.1 Å². The van der Waals surface area contributed by atoms with Gasteiger partial charge in [0.25, 0.3) is 11.9 Å². The van der Waals surface area contributed by atoms with E-state index in [1.807, 2.05) is 6.92 Å². The van der Waals surface area contributed by atoms with Gasteiger partial charge in [-0.05, 0) is 12.1 Å². The fourth-order valence-corrected chi connectivity index (χ4v) is 0.706. The molecule has 0 saturated heterocycles. The van der Waals surface area contributed by atoms with Gasteiger partial charge in [-0.1, -0.05) is 0 Å². The summed E-state index contributed by atoms with van der Waals surface area (Å²) in [5, 5.41) is 5.91. The number of carbonyl (C=O) groups is 1. The van der Waals surface area contributed by atoms with E-state index in [9.17, 15) is 4.79 Å². The van der Waals surface area contributed by atoms with E-state index >= 15 is 0 Å². The number of hydrogen-bond donors (Lipinski definition) is 1. The first-order valence-electron chi connectivity index (χ1n) is 3.90. The number of rotatable bonds is 4. The van der Waals surface area contributed by atoms with Gasteiger partial charge in [-0.2, -0.15) is 4.98 Å². The molecule has 0 atom stereocenters. The third-order valence-corrected chi connectivity index (χ3v) is 1.22. The van der Waals surface area contributed by atoms with Crippen LogP contribution in [0.1, 0.15) is 12.8 Å². The van der Waals surface area contributed by atoms with E-state index in [0.29, 0.717) is 12.5 Å². The molecule has 0 unspecified atom stereocenters. The van der Waals surface area contributed by atoms with Gasteiger partial charge < -0.3 is 9.26 Å². The van der Waals surface area contributed by atoms with Gasteiger partial charge in [0, 0.05) is 13.5 Å². The number of aromatic nitrogens is 2. The Kier molecular flexibility index (Phi) is 3.39. The Morgan fingerprint density at radius 3 is 3.00 bits per heavy atom. The molecule has 13 heavy (non-hydrogen) atoms. The lowest BCUT2D eigenvalue weighted by atomic mass is 10.6. The molecule has 0 aromatic carbocycles. The van der Waals surface area contributed by atoms with E-state index in [4.69, 9.17) is 4.74 Å². The van der Waals surface area contributed by atoms with Crippen LogP contribution in [0.2, 0.25) is 0 Å². The van der Waals surface area contributed by atoms with Crippen molar-refractivity contribution in [3.63, 3.8) is 0 Å². The summed E-state index contributed by atoms with van der Waals surface area (Å²) >= 11 is 0. The summed E-state index contributed by atoms with van der Waals surface area (Å²) in [6, 6.07) is 0. The quantitative estimate of drug-likeness (QED) is 0.732. The molecule has 6 nitrogen and oxygen atoms in total. The molecule has 0 aliphatic rings. The van der Waals surface area contributed by atoms with Crippen molar-refractivity contribution < 1.29 is 14.1 Å². The monoisotopic (exact) mass is 185 g/mol. The number of carbonyl (C=O) groups excluding carboxylic acids is 1. The highest BCUT2D eigenvalue weighted by Gasteiger charge is 2.06. The van der Waals surface area contributed by atoms with Crippen LogP contribution < -0.4 is 5.32 Å². The molecule has 0 aliphatic heterocycles. The Morgan fingerprint density at radius 2 is 2.46 bits per heavy atom. The Labute approximate surface area is 75.3 Å². The van der Waals surface area contributed by atoms with Crippen molar-refractivity contribution >= 4 is 11.9 Å². The van der Waals surface area contributed by atoms with Crippen molar-refractivity contribution in [2.45, 2.75) is 13.8 Å². The lowest BCUT2D eigenvalue weighted by Gasteiger charge is -1.98. The van der Waals surface area contributed by atoms with Crippen LogP contribution in [0.5, 0.6) is 0 Å². The zero-order valence-electron chi connectivity index (χ0n) is 7.53. The van der Waals surface area contributed by atoms with Crippen molar-refractivity contribution in [1.29, 1.82) is 0 Å². The molecule has 1 heterocycles. The summed E-state index contributed by atoms with van der Waals surface area (Å²) in [4.78, 5) is 14.8. The van der Waals surface area contributed by atoms with E-state index in [1.54, 1.807) is 6.92 Å². The fraction of sp³-hybridized carbons (Fsp3) is 0.571. The Balaban J connectivity index is 2.36. The van der Waals surface area contributed by atoms with Crippen LogP contribution in [0.4, 0.5) is 5.95 Å². The number of hydrogen-bond acceptors (Lipinski definition) is 5. The number of ether oxygens (including phenoxy) is 1. The maximum atomic E-state index is 11.0. The minimum Gasteiger partial charge on any atom is -0.372 e. The fourth-order valence-electron chi connectivity index (χ4n) is 0.706. The predicted octanol–water partition coefficient (Wildman–Crippen LogP) is 0.353. The van der Waals surface area contributed by atoms with Gasteiger partial charge in [-0.25, -0.2) is 0 Å². The van der Waals surface area contributed by atoms with E-state index in [1.165, 1.54) is 0 Å². The average molecular weight is 185 g/mol. The molecule has 0 spiro atoms. The molecular formula is C7H11N3O3. The van der Waals surface area contributed by atoms with Gasteiger partial charge in [-0.15, -0.1) is 0 Å². The third-order valence-electron chi connectivity index (χ3n) is 1.22. The molecule has 72 valence electrons. The summed E-state index contributed by atoms with van der Waals surface area (Å²) < 4.78 is 9.53. The highest BCUT2D eigenvalue weighted by atomic mass is 16.5. The molecule has 1 amide bonds. The van der Waals surface area contributed by atoms with E-state index in [-0.39, 0.29) is 18.5 Å². The van der Waals surface area contributed by atoms with Crippen LogP contribution in [0.3, 0.4) is 0 Å². The van der Waals surface area contributed by atoms with E-state index < -0.39 is 0 Å². The number of anilines is 1. The van der Waals surface area contributed by atoms with Crippen molar-refractivity contribution in [2.24, 2.45) is 0 Å². The Bertz CT molecular complexity index is 284. The second-order valence-electron chi connectivity index (χ2n) is 2.32. The summed E-state index contributed by atoms with van der Waals surface area (Å²) in [5.41, 5.74) is 0. The van der Waals surface area contributed by atoms with Gasteiger partial charge in [0.05, 0.1) is 0 Å². The SMILES string of the molecule is CCOCC(=O)Nc1noc(C)n1. The second-order valence-corrected chi connectivity index (χ2v) is 2.32. The lowest BCUT2D eigenvalue weighted by Crippen LogP contribution is -2.18. The molecule has 1 N–H and O–H groups in total. The number of aryl methyl sites for hydroxylation is 1. The zero-order chi connectivity index (χ0) is 9.68. The minimum atomic E-state index is -0.289. The zero-order valence-corrected chi connectivity index (χ0v) is 7.53. The smallest absolute Gasteiger partial charge is 0.270 e. The van der Waals surface area contributed by atoms with Crippen LogP contribution in [-0.2, 0) is 9.53 Å². The molecule has 1 aromatic heterocycles. The summed E-state index contributed by atoms with van der Waals surface area (Å²) in [6.45, 7) is 3.96. The molecule has 1 aromatic rings. The van der Waals surface area contributed by atoms with Crippen LogP contribution >= 0.6 is 0 Å². The van der Waals surface area contributed by atoms with Gasteiger partial charge in [0.2, 0.25) is 5.89 Å². The van der Waals surface area contributed by atoms with Crippen LogP contribution in [-0.4, -0.2) is 29.3 Å². The summed E-state index contributed by atoms with van der Waals surface area (Å²) in [6.07, 6.45) is 0. The molecule has 0 aliphatic carbocycles. The highest BCUT2D eigenvalue weighted by Crippen LogP contribution is 1.99. The predicted molar refractivity (Wildman–Crippen MR) is 44.2 cm³/mol. The van der Waals surface area contributed by atoms with Gasteiger partial charge in [0.1, 0.15) is 6.61 Å². The lowest BCUT2D eigenvalue weighted by molar-refractivity contribution is -0.120. The first kappa shape index (κ1) is 9.66. The van der Waals surface area contributed by atoms with Crippen molar-refractivity contribution in [3.05, 3.63) is 5.89 Å². The minimum absolute atomic E-state index is 0.00406. The van der Waals surface area contributed by atoms with Gasteiger partial charge in [-0.3, -0.25) is 10.1 Å². The van der Waals surface area contributed by atoms with Gasteiger partial charge >= 0.3 is 0 Å². The summed E-state index contributed by atoms with van der Waals surface area (Å²) in [7, 11) is 0. The Hall–Kier alpha value is -1.43. The van der Waals surface area contributed by atoms with Crippen LogP contribution in [0.15, 0.2) is 4.52 Å². The third kappa shape index (κ3) is 3.20. The normalized spacial score (nSPS) is 10.0. The molecular weight excluding hydrogens is 174 g/mol. The molecule has 0 saturated carbocycles. The molecule has 1 rings (SSSR count). The number of nitrogens with one attached hydrogen (secondary N) is 1. The van der Waals surface area contributed by atoms with E-state index in [2.05, 4.69) is 20.0 Å². The maximum absolute atomic E-state index is 11.0. The first-order valence-corrected chi connectivity index (χ1v) is 3.90. The summed E-state index contributed by atoms with van der Waals surface area (Å²) in [5.74, 6) is 0.288. The average Bonchev–Trinajstić information content (AvgIpc) is 2.48. The number of nitrogens with zero attached hydrogens (tertiary/aromatic N) is 2. The van der Waals surface area contributed by atoms with Crippen LogP contribution in [0, 0.1) is 6.92 Å². The molecule has 6 heteroatoms. The first-order chi connectivity index (χ1) is 6.22. The number of amides is 1. The highest BCUT2D eigenvalue weighted by molar-refractivity contribution is 5.89. The van der Waals surface area contributed by atoms with Crippen LogP contribution in [0.25, 0.3) is 0 Å². The maximum Gasteiger partial charge on any atom is 0.270 e. The Morgan fingerprint density at radius 1 is 1.69 bits per heavy atom. The standard InChI is InChI=1S/C7H11N3O3/c1-3-12-4-6(11)9-7-8-5(2)13-10-7/h3-4H2,1-2H3,(H,9,10,11). The molecule has 0 bridgehead atoms. The van der Waals surface area contributed by atoms with Crippen molar-refractivity contribution in [3.8, 4) is 0 Å². The topological polar surface area (TPSA) is 77.2 Å². The largest absolute Gasteiger partial charge is 0.372 e. The van der Waals surface area contributed by atoms with Gasteiger partial charge in [0.15, 0.2) is 0 Å². The van der Waals surface area contributed by atoms with Crippen molar-refractivity contribution in [2.75, 3.05) is 18.5 Å². The van der Waals surface area contributed by atoms with E-state index in [0.717, 1.165) is 0 Å². The molecule has 0 fully saturated rings. The second kappa shape index (κ2) is 4.56.